The Hall–Kier alpha value is -2.65. The number of carbonyl (C=O) groups excluding carboxylic acids is 1. The smallest absolute Gasteiger partial charge is 0.261 e. The number of nitrogens with one attached hydrogen (secondary N) is 1. The van der Waals surface area contributed by atoms with E-state index in [-0.39, 0.29) is 18.0 Å². The SMILES string of the molecule is Cc1cc(NC(=O)c2cc(C#CCN)ccc2F)on1. The molecule has 0 aliphatic rings. The van der Waals surface area contributed by atoms with Crippen molar-refractivity contribution >= 4 is 11.8 Å². The van der Waals surface area contributed by atoms with Crippen LogP contribution in [-0.2, 0) is 0 Å². The maximum absolute atomic E-state index is 13.7. The zero-order valence-electron chi connectivity index (χ0n) is 10.7. The van der Waals surface area contributed by atoms with E-state index in [1.165, 1.54) is 24.3 Å². The maximum atomic E-state index is 13.7. The minimum absolute atomic E-state index is 0.122. The van der Waals surface area contributed by atoms with Crippen LogP contribution < -0.4 is 11.1 Å². The van der Waals surface area contributed by atoms with E-state index in [0.29, 0.717) is 11.3 Å². The number of nitrogens with two attached hydrogens (primary N) is 1. The number of nitrogens with zero attached hydrogens (tertiary/aromatic N) is 1. The zero-order valence-corrected chi connectivity index (χ0v) is 10.7. The quantitative estimate of drug-likeness (QED) is 0.816. The van der Waals surface area contributed by atoms with Gasteiger partial charge in [-0.25, -0.2) is 4.39 Å². The highest BCUT2D eigenvalue weighted by atomic mass is 19.1. The number of aromatic nitrogens is 1. The first-order chi connectivity index (χ1) is 9.60. The lowest BCUT2D eigenvalue weighted by molar-refractivity contribution is 0.102. The number of amides is 1. The normalized spacial score (nSPS) is 9.75. The fraction of sp³-hybridized carbons (Fsp3) is 0.143. The molecule has 5 nitrogen and oxygen atoms in total. The third-order valence-corrected chi connectivity index (χ3v) is 2.41. The molecule has 0 fully saturated rings. The highest BCUT2D eigenvalue weighted by molar-refractivity contribution is 6.03. The van der Waals surface area contributed by atoms with Crippen molar-refractivity contribution in [3.05, 3.63) is 46.9 Å². The third-order valence-electron chi connectivity index (χ3n) is 2.41. The van der Waals surface area contributed by atoms with Gasteiger partial charge in [0.05, 0.1) is 17.8 Å². The molecule has 1 aromatic carbocycles. The highest BCUT2D eigenvalue weighted by Crippen LogP contribution is 2.14. The van der Waals surface area contributed by atoms with Crippen molar-refractivity contribution in [2.45, 2.75) is 6.92 Å². The lowest BCUT2D eigenvalue weighted by Crippen LogP contribution is -2.13. The molecule has 0 atom stereocenters. The van der Waals surface area contributed by atoms with Gasteiger partial charge in [-0.3, -0.25) is 10.1 Å². The fourth-order valence-electron chi connectivity index (χ4n) is 1.53. The van der Waals surface area contributed by atoms with Gasteiger partial charge in [0.2, 0.25) is 5.88 Å². The summed E-state index contributed by atoms with van der Waals surface area (Å²) in [6, 6.07) is 5.55. The van der Waals surface area contributed by atoms with E-state index in [1.807, 2.05) is 0 Å². The standard InChI is InChI=1S/C14H12FN3O2/c1-9-7-13(20-18-9)17-14(19)11-8-10(3-2-6-16)4-5-12(11)15/h4-5,7-8H,6,16H2,1H3,(H,17,19). The van der Waals surface area contributed by atoms with E-state index in [2.05, 4.69) is 22.3 Å². The Morgan fingerprint density at radius 3 is 2.95 bits per heavy atom. The molecule has 0 bridgehead atoms. The topological polar surface area (TPSA) is 81.2 Å². The molecule has 1 heterocycles. The first-order valence-corrected chi connectivity index (χ1v) is 5.83. The molecule has 0 spiro atoms. The van der Waals surface area contributed by atoms with Crippen LogP contribution in [0.5, 0.6) is 0 Å². The predicted octanol–water partition coefficient (Wildman–Crippen LogP) is 1.68. The molecule has 0 aliphatic heterocycles. The summed E-state index contributed by atoms with van der Waals surface area (Å²) in [7, 11) is 0. The second-order valence-corrected chi connectivity index (χ2v) is 3.99. The van der Waals surface area contributed by atoms with E-state index >= 15 is 0 Å². The van der Waals surface area contributed by atoms with Crippen molar-refractivity contribution in [1.82, 2.24) is 5.16 Å². The van der Waals surface area contributed by atoms with Crippen LogP contribution in [0.4, 0.5) is 10.3 Å². The monoisotopic (exact) mass is 273 g/mol. The minimum atomic E-state index is -0.642. The highest BCUT2D eigenvalue weighted by Gasteiger charge is 2.14. The van der Waals surface area contributed by atoms with Crippen LogP contribution in [0.3, 0.4) is 0 Å². The number of benzene rings is 1. The van der Waals surface area contributed by atoms with Gasteiger partial charge in [-0.15, -0.1) is 0 Å². The summed E-state index contributed by atoms with van der Waals surface area (Å²) in [5, 5.41) is 6.05. The molecule has 1 aromatic heterocycles. The Bertz CT molecular complexity index is 698. The molecule has 0 unspecified atom stereocenters. The van der Waals surface area contributed by atoms with Crippen molar-refractivity contribution in [2.75, 3.05) is 11.9 Å². The van der Waals surface area contributed by atoms with Gasteiger partial charge in [-0.05, 0) is 25.1 Å². The van der Waals surface area contributed by atoms with Gasteiger partial charge in [0.15, 0.2) is 0 Å². The van der Waals surface area contributed by atoms with Crippen molar-refractivity contribution in [1.29, 1.82) is 0 Å². The molecule has 6 heteroatoms. The molecular formula is C14H12FN3O2. The molecule has 102 valence electrons. The number of rotatable bonds is 2. The molecule has 20 heavy (non-hydrogen) atoms. The van der Waals surface area contributed by atoms with Gasteiger partial charge in [0.25, 0.3) is 5.91 Å². The summed E-state index contributed by atoms with van der Waals surface area (Å²) in [5.41, 5.74) is 6.26. The summed E-state index contributed by atoms with van der Waals surface area (Å²) in [6.45, 7) is 1.90. The van der Waals surface area contributed by atoms with Crippen molar-refractivity contribution < 1.29 is 13.7 Å². The number of hydrogen-bond acceptors (Lipinski definition) is 4. The number of anilines is 1. The Balaban J connectivity index is 2.24. The number of halogens is 1. The second-order valence-electron chi connectivity index (χ2n) is 3.99. The van der Waals surface area contributed by atoms with Crippen molar-refractivity contribution in [3.8, 4) is 11.8 Å². The zero-order chi connectivity index (χ0) is 14.5. The van der Waals surface area contributed by atoms with Gasteiger partial charge < -0.3 is 10.3 Å². The largest absolute Gasteiger partial charge is 0.338 e. The fourth-order valence-corrected chi connectivity index (χ4v) is 1.53. The number of aryl methyl sites for hydroxylation is 1. The average molecular weight is 273 g/mol. The lowest BCUT2D eigenvalue weighted by atomic mass is 10.1. The lowest BCUT2D eigenvalue weighted by Gasteiger charge is -2.03. The van der Waals surface area contributed by atoms with E-state index in [1.54, 1.807) is 6.92 Å². The minimum Gasteiger partial charge on any atom is -0.338 e. The van der Waals surface area contributed by atoms with Crippen LogP contribution in [0, 0.1) is 24.6 Å². The van der Waals surface area contributed by atoms with E-state index < -0.39 is 11.7 Å². The van der Waals surface area contributed by atoms with Crippen molar-refractivity contribution in [2.24, 2.45) is 5.73 Å². The molecule has 0 radical (unpaired) electrons. The molecular weight excluding hydrogens is 261 g/mol. The van der Waals surface area contributed by atoms with Crippen LogP contribution in [0.25, 0.3) is 0 Å². The molecule has 0 saturated heterocycles. The molecule has 2 rings (SSSR count). The third kappa shape index (κ3) is 3.22. The Kier molecular flexibility index (Phi) is 4.13. The second kappa shape index (κ2) is 5.99. The van der Waals surface area contributed by atoms with E-state index in [0.717, 1.165) is 0 Å². The van der Waals surface area contributed by atoms with Crippen LogP contribution in [0.1, 0.15) is 21.6 Å². The first-order valence-electron chi connectivity index (χ1n) is 5.83. The van der Waals surface area contributed by atoms with E-state index in [9.17, 15) is 9.18 Å². The van der Waals surface area contributed by atoms with Gasteiger partial charge in [-0.1, -0.05) is 17.0 Å². The summed E-state index contributed by atoms with van der Waals surface area (Å²) in [6.07, 6.45) is 0. The van der Waals surface area contributed by atoms with E-state index in [4.69, 9.17) is 10.3 Å². The molecule has 1 amide bonds. The predicted molar refractivity (Wildman–Crippen MR) is 71.5 cm³/mol. The van der Waals surface area contributed by atoms with Gasteiger partial charge in [-0.2, -0.15) is 0 Å². The van der Waals surface area contributed by atoms with Crippen LogP contribution in [-0.4, -0.2) is 17.6 Å². The Morgan fingerprint density at radius 2 is 2.30 bits per heavy atom. The summed E-state index contributed by atoms with van der Waals surface area (Å²) >= 11 is 0. The molecule has 2 aromatic rings. The van der Waals surface area contributed by atoms with Gasteiger partial charge in [0.1, 0.15) is 5.82 Å². The maximum Gasteiger partial charge on any atom is 0.261 e. The summed E-state index contributed by atoms with van der Waals surface area (Å²) in [5.74, 6) is 4.26. The van der Waals surface area contributed by atoms with Crippen LogP contribution in [0.2, 0.25) is 0 Å². The Morgan fingerprint density at radius 1 is 1.50 bits per heavy atom. The first kappa shape index (κ1) is 13.8. The molecule has 0 saturated carbocycles. The van der Waals surface area contributed by atoms with Gasteiger partial charge >= 0.3 is 0 Å². The number of carbonyl (C=O) groups is 1. The summed E-state index contributed by atoms with van der Waals surface area (Å²) < 4.78 is 18.5. The average Bonchev–Trinajstić information content (AvgIpc) is 2.83. The van der Waals surface area contributed by atoms with Crippen molar-refractivity contribution in [3.63, 3.8) is 0 Å². The Labute approximate surface area is 114 Å². The molecule has 3 N–H and O–H groups in total. The van der Waals surface area contributed by atoms with Crippen LogP contribution in [0.15, 0.2) is 28.8 Å². The van der Waals surface area contributed by atoms with Gasteiger partial charge in [0, 0.05) is 11.6 Å². The summed E-state index contributed by atoms with van der Waals surface area (Å²) in [4.78, 5) is 12.0. The molecule has 0 aliphatic carbocycles. The van der Waals surface area contributed by atoms with Crippen LogP contribution >= 0.6 is 0 Å². The number of hydrogen-bond donors (Lipinski definition) is 2.